The van der Waals surface area contributed by atoms with Crippen molar-refractivity contribution in [3.05, 3.63) is 77.4 Å². The number of hydrogen-bond donors (Lipinski definition) is 0. The number of benzene rings is 3. The zero-order chi connectivity index (χ0) is 22.8. The minimum Gasteiger partial charge on any atom is -0.496 e. The van der Waals surface area contributed by atoms with E-state index in [1.54, 1.807) is 21.3 Å². The van der Waals surface area contributed by atoms with E-state index in [9.17, 15) is 0 Å². The largest absolute Gasteiger partial charge is 0.496 e. The summed E-state index contributed by atoms with van der Waals surface area (Å²) >= 11 is 0. The molecule has 0 amide bonds. The molecule has 0 unspecified atom stereocenters. The van der Waals surface area contributed by atoms with Gasteiger partial charge in [-0.2, -0.15) is 5.10 Å². The Hall–Kier alpha value is -3.51. The third-order valence-corrected chi connectivity index (χ3v) is 6.56. The molecule has 3 aromatic carbocycles. The third-order valence-electron chi connectivity index (χ3n) is 6.56. The molecule has 1 aliphatic carbocycles. The van der Waals surface area contributed by atoms with Crippen LogP contribution in [0.2, 0.25) is 0 Å². The van der Waals surface area contributed by atoms with Crippen molar-refractivity contribution in [3.8, 4) is 28.4 Å². The van der Waals surface area contributed by atoms with Gasteiger partial charge in [-0.1, -0.05) is 48.5 Å². The molecule has 170 valence electrons. The van der Waals surface area contributed by atoms with Gasteiger partial charge in [-0.15, -0.1) is 0 Å². The summed E-state index contributed by atoms with van der Waals surface area (Å²) in [7, 11) is 4.91. The highest BCUT2D eigenvalue weighted by molar-refractivity contribution is 5.88. The van der Waals surface area contributed by atoms with Gasteiger partial charge >= 0.3 is 0 Å². The smallest absolute Gasteiger partial charge is 0.135 e. The van der Waals surface area contributed by atoms with Gasteiger partial charge in [-0.25, -0.2) is 0 Å². The highest BCUT2D eigenvalue weighted by Gasteiger charge is 2.33. The molecule has 1 heterocycles. The molecule has 2 aliphatic rings. The molecule has 1 fully saturated rings. The lowest BCUT2D eigenvalue weighted by Crippen LogP contribution is -2.45. The fraction of sp³-hybridized carbons (Fsp3) is 0.296. The minimum absolute atomic E-state index is 0.310. The van der Waals surface area contributed by atoms with Crippen LogP contribution in [-0.2, 0) is 0 Å². The summed E-state index contributed by atoms with van der Waals surface area (Å²) in [4.78, 5) is 2.57. The highest BCUT2D eigenvalue weighted by Crippen LogP contribution is 2.46. The van der Waals surface area contributed by atoms with E-state index in [1.807, 2.05) is 18.3 Å². The van der Waals surface area contributed by atoms with Crippen molar-refractivity contribution in [2.75, 3.05) is 47.5 Å². The number of nitrogens with zero attached hydrogens (tertiary/aromatic N) is 3. The number of ether oxygens (including phenoxy) is 3. The van der Waals surface area contributed by atoms with Crippen LogP contribution in [0.4, 0.5) is 0 Å². The van der Waals surface area contributed by atoms with Crippen LogP contribution in [0, 0.1) is 0 Å². The van der Waals surface area contributed by atoms with Crippen molar-refractivity contribution in [3.63, 3.8) is 0 Å². The van der Waals surface area contributed by atoms with E-state index in [1.165, 1.54) is 22.3 Å². The van der Waals surface area contributed by atoms with Gasteiger partial charge < -0.3 is 14.2 Å². The molecule has 0 radical (unpaired) electrons. The highest BCUT2D eigenvalue weighted by atomic mass is 16.5. The van der Waals surface area contributed by atoms with Gasteiger partial charge in [0, 0.05) is 38.3 Å². The molecule has 0 saturated carbocycles. The Balaban J connectivity index is 1.32. The summed E-state index contributed by atoms with van der Waals surface area (Å²) in [6.45, 7) is 3.61. The quantitative estimate of drug-likeness (QED) is 0.528. The zero-order valence-electron chi connectivity index (χ0n) is 19.3. The zero-order valence-corrected chi connectivity index (χ0v) is 19.3. The molecule has 6 heteroatoms. The lowest BCUT2D eigenvalue weighted by atomic mass is 10.0. The molecule has 33 heavy (non-hydrogen) atoms. The van der Waals surface area contributed by atoms with Crippen LogP contribution in [0.15, 0.2) is 65.8 Å². The van der Waals surface area contributed by atoms with Crippen molar-refractivity contribution in [1.82, 2.24) is 9.91 Å². The van der Waals surface area contributed by atoms with Crippen LogP contribution < -0.4 is 14.2 Å². The fourth-order valence-electron chi connectivity index (χ4n) is 4.91. The van der Waals surface area contributed by atoms with Crippen LogP contribution in [0.25, 0.3) is 11.1 Å². The number of hydrogen-bond acceptors (Lipinski definition) is 6. The van der Waals surface area contributed by atoms with Gasteiger partial charge in [0.25, 0.3) is 0 Å². The van der Waals surface area contributed by atoms with E-state index in [-0.39, 0.29) is 0 Å². The average molecular weight is 444 g/mol. The molecular weight excluding hydrogens is 414 g/mol. The van der Waals surface area contributed by atoms with Crippen LogP contribution in [-0.4, -0.2) is 63.6 Å². The number of hydrazone groups is 1. The van der Waals surface area contributed by atoms with Crippen LogP contribution in [0.1, 0.15) is 22.7 Å². The third kappa shape index (κ3) is 3.91. The normalized spacial score (nSPS) is 16.0. The van der Waals surface area contributed by atoms with Gasteiger partial charge in [0.05, 0.1) is 39.1 Å². The lowest BCUT2D eigenvalue weighted by molar-refractivity contribution is 0.114. The van der Waals surface area contributed by atoms with E-state index < -0.39 is 0 Å². The Kier molecular flexibility index (Phi) is 5.92. The summed E-state index contributed by atoms with van der Waals surface area (Å²) in [5.74, 6) is 2.03. The van der Waals surface area contributed by atoms with E-state index in [0.717, 1.165) is 31.7 Å². The Morgan fingerprint density at radius 3 is 1.82 bits per heavy atom. The van der Waals surface area contributed by atoms with Crippen molar-refractivity contribution in [2.45, 2.75) is 6.04 Å². The van der Waals surface area contributed by atoms with Crippen molar-refractivity contribution in [1.29, 1.82) is 0 Å². The van der Waals surface area contributed by atoms with Crippen LogP contribution in [0.3, 0.4) is 0 Å². The fourth-order valence-corrected chi connectivity index (χ4v) is 4.91. The van der Waals surface area contributed by atoms with Crippen LogP contribution in [0.5, 0.6) is 17.2 Å². The molecule has 5 rings (SSSR count). The monoisotopic (exact) mass is 443 g/mol. The predicted octanol–water partition coefficient (Wildman–Crippen LogP) is 4.43. The topological polar surface area (TPSA) is 46.5 Å². The molecule has 0 N–H and O–H groups in total. The first-order valence-corrected chi connectivity index (χ1v) is 11.2. The predicted molar refractivity (Wildman–Crippen MR) is 131 cm³/mol. The molecule has 0 atom stereocenters. The summed E-state index contributed by atoms with van der Waals surface area (Å²) in [5.41, 5.74) is 6.34. The first-order valence-electron chi connectivity index (χ1n) is 11.2. The second kappa shape index (κ2) is 9.16. The maximum Gasteiger partial charge on any atom is 0.135 e. The summed E-state index contributed by atoms with van der Waals surface area (Å²) in [5, 5.41) is 6.87. The van der Waals surface area contributed by atoms with Gasteiger partial charge in [0.15, 0.2) is 0 Å². The summed E-state index contributed by atoms with van der Waals surface area (Å²) in [6, 6.07) is 21.6. The van der Waals surface area contributed by atoms with Gasteiger partial charge in [-0.3, -0.25) is 9.91 Å². The molecule has 1 saturated heterocycles. The molecule has 1 aliphatic heterocycles. The van der Waals surface area contributed by atoms with Gasteiger partial charge in [0.1, 0.15) is 17.2 Å². The molecule has 3 aromatic rings. The van der Waals surface area contributed by atoms with Gasteiger partial charge in [0.2, 0.25) is 0 Å². The SMILES string of the molecule is COc1cc(OC)c(/C=N/N2CCN(C3c4ccccc4-c4ccccc43)CC2)c(OC)c1. The minimum atomic E-state index is 0.310. The maximum absolute atomic E-state index is 5.54. The van der Waals surface area contributed by atoms with Crippen molar-refractivity contribution in [2.24, 2.45) is 5.10 Å². The molecular formula is C27H29N3O3. The number of rotatable bonds is 6. The van der Waals surface area contributed by atoms with Gasteiger partial charge in [-0.05, 0) is 22.3 Å². The number of fused-ring (bicyclic) bond motifs is 3. The van der Waals surface area contributed by atoms with Crippen molar-refractivity contribution >= 4 is 6.21 Å². The Morgan fingerprint density at radius 1 is 0.758 bits per heavy atom. The summed E-state index contributed by atoms with van der Waals surface area (Å²) < 4.78 is 16.4. The Labute approximate surface area is 195 Å². The molecule has 0 aromatic heterocycles. The average Bonchev–Trinajstić information content (AvgIpc) is 3.21. The molecule has 0 bridgehead atoms. The molecule has 6 nitrogen and oxygen atoms in total. The second-order valence-corrected chi connectivity index (χ2v) is 8.26. The first kappa shape index (κ1) is 21.3. The lowest BCUT2D eigenvalue weighted by Gasteiger charge is -2.37. The number of piperazine rings is 1. The maximum atomic E-state index is 5.54. The summed E-state index contributed by atoms with van der Waals surface area (Å²) in [6.07, 6.45) is 1.83. The van der Waals surface area contributed by atoms with E-state index in [0.29, 0.717) is 23.3 Å². The number of methoxy groups -OCH3 is 3. The first-order chi connectivity index (χ1) is 16.2. The Bertz CT molecular complexity index is 1100. The standard InChI is InChI=1S/C27H29N3O3/c1-31-19-16-25(32-2)24(26(17-19)33-3)18-28-30-14-12-29(13-15-30)27-22-10-6-4-8-20(22)21-9-5-7-11-23(21)27/h4-11,16-18,27H,12-15H2,1-3H3/b28-18+. The molecule has 0 spiro atoms. The van der Waals surface area contributed by atoms with E-state index in [2.05, 4.69) is 58.4 Å². The van der Waals surface area contributed by atoms with Crippen molar-refractivity contribution < 1.29 is 14.2 Å². The van der Waals surface area contributed by atoms with E-state index >= 15 is 0 Å². The Morgan fingerprint density at radius 2 is 1.30 bits per heavy atom. The second-order valence-electron chi connectivity index (χ2n) is 8.26. The van der Waals surface area contributed by atoms with E-state index in [4.69, 9.17) is 19.3 Å². The van der Waals surface area contributed by atoms with Crippen LogP contribution >= 0.6 is 0 Å².